The predicted molar refractivity (Wildman–Crippen MR) is 56.1 cm³/mol. The quantitative estimate of drug-likeness (QED) is 0.542. The number of aliphatic hydroxyl groups is 1. The third-order valence-corrected chi connectivity index (χ3v) is 2.95. The lowest BCUT2D eigenvalue weighted by Gasteiger charge is -2.09. The Morgan fingerprint density at radius 3 is 2.29 bits per heavy atom. The zero-order valence-corrected chi connectivity index (χ0v) is 9.60. The topological polar surface area (TPSA) is 78.4 Å². The lowest BCUT2D eigenvalue weighted by molar-refractivity contribution is 0.162. The van der Waals surface area contributed by atoms with E-state index in [-0.39, 0.29) is 6.54 Å². The highest BCUT2D eigenvalue weighted by Gasteiger charge is 2.08. The first-order valence-electron chi connectivity index (χ1n) is 4.94. The maximum absolute atomic E-state index is 11.2. The van der Waals surface area contributed by atoms with E-state index in [0.29, 0.717) is 19.4 Å². The van der Waals surface area contributed by atoms with Crippen LogP contribution < -0.4 is 9.44 Å². The van der Waals surface area contributed by atoms with Crippen molar-refractivity contribution in [2.24, 2.45) is 0 Å². The molecule has 1 unspecified atom stereocenters. The van der Waals surface area contributed by atoms with Gasteiger partial charge in [0.2, 0.25) is 0 Å². The van der Waals surface area contributed by atoms with Crippen molar-refractivity contribution in [1.29, 1.82) is 0 Å². The Hall–Kier alpha value is -0.170. The standard InChI is InChI=1S/C8H20N2O3S/c1-3-6-9-14(12,13)10-7-5-8(11)4-2/h8-11H,3-7H2,1-2H3. The van der Waals surface area contributed by atoms with Gasteiger partial charge in [-0.3, -0.25) is 0 Å². The molecule has 6 heteroatoms. The van der Waals surface area contributed by atoms with Crippen LogP contribution >= 0.6 is 0 Å². The van der Waals surface area contributed by atoms with Gasteiger partial charge in [-0.15, -0.1) is 0 Å². The molecule has 0 aliphatic carbocycles. The lowest BCUT2D eigenvalue weighted by Crippen LogP contribution is -2.38. The fraction of sp³-hybridized carbons (Fsp3) is 1.00. The zero-order valence-electron chi connectivity index (χ0n) is 8.78. The van der Waals surface area contributed by atoms with Crippen LogP contribution in [0.1, 0.15) is 33.1 Å². The molecule has 0 saturated carbocycles. The molecule has 86 valence electrons. The first kappa shape index (κ1) is 13.8. The Morgan fingerprint density at radius 2 is 1.79 bits per heavy atom. The average Bonchev–Trinajstić information content (AvgIpc) is 2.14. The normalized spacial score (nSPS) is 14.2. The smallest absolute Gasteiger partial charge is 0.276 e. The van der Waals surface area contributed by atoms with Crippen LogP contribution in [0.5, 0.6) is 0 Å². The molecule has 0 aliphatic rings. The van der Waals surface area contributed by atoms with Gasteiger partial charge in [-0.1, -0.05) is 13.8 Å². The fourth-order valence-electron chi connectivity index (χ4n) is 0.851. The summed E-state index contributed by atoms with van der Waals surface area (Å²) in [6, 6.07) is 0. The molecular formula is C8H20N2O3S. The summed E-state index contributed by atoms with van der Waals surface area (Å²) in [6.45, 7) is 4.46. The predicted octanol–water partition coefficient (Wildman–Crippen LogP) is -0.0186. The Kier molecular flexibility index (Phi) is 7.08. The fourth-order valence-corrected chi connectivity index (χ4v) is 1.81. The van der Waals surface area contributed by atoms with Gasteiger partial charge >= 0.3 is 0 Å². The van der Waals surface area contributed by atoms with Gasteiger partial charge in [0.1, 0.15) is 0 Å². The van der Waals surface area contributed by atoms with Gasteiger partial charge in [0.25, 0.3) is 10.2 Å². The van der Waals surface area contributed by atoms with Crippen LogP contribution in [-0.2, 0) is 10.2 Å². The van der Waals surface area contributed by atoms with E-state index in [0.717, 1.165) is 6.42 Å². The van der Waals surface area contributed by atoms with Gasteiger partial charge in [-0.2, -0.15) is 8.42 Å². The van der Waals surface area contributed by atoms with Crippen molar-refractivity contribution in [3.63, 3.8) is 0 Å². The van der Waals surface area contributed by atoms with E-state index in [1.165, 1.54) is 0 Å². The third-order valence-electron chi connectivity index (χ3n) is 1.78. The van der Waals surface area contributed by atoms with Crippen LogP contribution in [0.4, 0.5) is 0 Å². The summed E-state index contributed by atoms with van der Waals surface area (Å²) < 4.78 is 27.1. The average molecular weight is 224 g/mol. The van der Waals surface area contributed by atoms with Gasteiger partial charge in [0.05, 0.1) is 6.10 Å². The Balaban J connectivity index is 3.66. The summed E-state index contributed by atoms with van der Waals surface area (Å²) in [5, 5.41) is 9.18. The SMILES string of the molecule is CCCNS(=O)(=O)NCCC(O)CC. The van der Waals surface area contributed by atoms with Gasteiger partial charge in [-0.05, 0) is 19.3 Å². The van der Waals surface area contributed by atoms with Crippen LogP contribution in [0, 0.1) is 0 Å². The van der Waals surface area contributed by atoms with Crippen molar-refractivity contribution < 1.29 is 13.5 Å². The van der Waals surface area contributed by atoms with Crippen LogP contribution in [0.15, 0.2) is 0 Å². The van der Waals surface area contributed by atoms with Crippen molar-refractivity contribution in [2.75, 3.05) is 13.1 Å². The Bertz CT molecular complexity index is 229. The highest BCUT2D eigenvalue weighted by molar-refractivity contribution is 7.87. The largest absolute Gasteiger partial charge is 0.393 e. The molecule has 14 heavy (non-hydrogen) atoms. The summed E-state index contributed by atoms with van der Waals surface area (Å²) in [5.74, 6) is 0. The third kappa shape index (κ3) is 7.25. The zero-order chi connectivity index (χ0) is 11.0. The van der Waals surface area contributed by atoms with E-state index in [1.807, 2.05) is 13.8 Å². The minimum atomic E-state index is -3.36. The molecule has 0 aromatic rings. The van der Waals surface area contributed by atoms with Crippen molar-refractivity contribution in [3.8, 4) is 0 Å². The summed E-state index contributed by atoms with van der Waals surface area (Å²) in [5.41, 5.74) is 0. The lowest BCUT2D eigenvalue weighted by atomic mass is 10.2. The summed E-state index contributed by atoms with van der Waals surface area (Å²) in [4.78, 5) is 0. The van der Waals surface area contributed by atoms with E-state index < -0.39 is 16.3 Å². The summed E-state index contributed by atoms with van der Waals surface area (Å²) in [7, 11) is -3.36. The van der Waals surface area contributed by atoms with Crippen LogP contribution in [-0.4, -0.2) is 32.7 Å². The molecule has 0 aromatic heterocycles. The monoisotopic (exact) mass is 224 g/mol. The molecule has 0 aromatic carbocycles. The summed E-state index contributed by atoms with van der Waals surface area (Å²) in [6.07, 6.45) is 1.43. The Morgan fingerprint density at radius 1 is 1.21 bits per heavy atom. The Labute approximate surface area is 86.1 Å². The van der Waals surface area contributed by atoms with Gasteiger partial charge < -0.3 is 5.11 Å². The highest BCUT2D eigenvalue weighted by Crippen LogP contribution is 1.94. The van der Waals surface area contributed by atoms with Crippen molar-refractivity contribution in [3.05, 3.63) is 0 Å². The molecule has 0 fully saturated rings. The van der Waals surface area contributed by atoms with Crippen LogP contribution in [0.25, 0.3) is 0 Å². The molecule has 0 saturated heterocycles. The van der Waals surface area contributed by atoms with Gasteiger partial charge in [-0.25, -0.2) is 9.44 Å². The molecule has 0 rings (SSSR count). The number of hydrogen-bond acceptors (Lipinski definition) is 3. The molecule has 0 spiro atoms. The second kappa shape index (κ2) is 7.17. The minimum absolute atomic E-state index is 0.272. The van der Waals surface area contributed by atoms with Crippen molar-refractivity contribution in [1.82, 2.24) is 9.44 Å². The minimum Gasteiger partial charge on any atom is -0.393 e. The number of nitrogens with one attached hydrogen (secondary N) is 2. The number of hydrogen-bond donors (Lipinski definition) is 3. The van der Waals surface area contributed by atoms with Crippen LogP contribution in [0.2, 0.25) is 0 Å². The second-order valence-electron chi connectivity index (χ2n) is 3.14. The molecule has 0 bridgehead atoms. The molecule has 0 amide bonds. The van der Waals surface area contributed by atoms with E-state index >= 15 is 0 Å². The number of rotatable bonds is 8. The van der Waals surface area contributed by atoms with E-state index in [2.05, 4.69) is 9.44 Å². The molecule has 0 aliphatic heterocycles. The molecule has 5 nitrogen and oxygen atoms in total. The number of aliphatic hydroxyl groups excluding tert-OH is 1. The highest BCUT2D eigenvalue weighted by atomic mass is 32.2. The van der Waals surface area contributed by atoms with Crippen LogP contribution in [0.3, 0.4) is 0 Å². The van der Waals surface area contributed by atoms with Gasteiger partial charge in [0, 0.05) is 13.1 Å². The first-order valence-corrected chi connectivity index (χ1v) is 6.42. The van der Waals surface area contributed by atoms with Gasteiger partial charge in [0.15, 0.2) is 0 Å². The first-order chi connectivity index (χ1) is 6.52. The summed E-state index contributed by atoms with van der Waals surface area (Å²) >= 11 is 0. The molecule has 1 atom stereocenters. The second-order valence-corrected chi connectivity index (χ2v) is 4.73. The molecule has 3 N–H and O–H groups in total. The van der Waals surface area contributed by atoms with E-state index in [1.54, 1.807) is 0 Å². The molecule has 0 radical (unpaired) electrons. The molecular weight excluding hydrogens is 204 g/mol. The van der Waals surface area contributed by atoms with Crippen molar-refractivity contribution >= 4 is 10.2 Å². The maximum Gasteiger partial charge on any atom is 0.276 e. The van der Waals surface area contributed by atoms with E-state index in [9.17, 15) is 13.5 Å². The maximum atomic E-state index is 11.2. The molecule has 0 heterocycles. The van der Waals surface area contributed by atoms with Crippen molar-refractivity contribution in [2.45, 2.75) is 39.2 Å². The van der Waals surface area contributed by atoms with E-state index in [4.69, 9.17) is 0 Å².